The Morgan fingerprint density at radius 1 is 1.17 bits per heavy atom. The van der Waals surface area contributed by atoms with E-state index in [4.69, 9.17) is 4.74 Å². The first kappa shape index (κ1) is 21.5. The lowest BCUT2D eigenvalue weighted by Crippen LogP contribution is -2.21. The molecule has 150 valence electrons. The summed E-state index contributed by atoms with van der Waals surface area (Å²) in [6.45, 7) is 5.89. The second-order valence-corrected chi connectivity index (χ2v) is 6.11. The van der Waals surface area contributed by atoms with Gasteiger partial charge < -0.3 is 20.1 Å². The van der Waals surface area contributed by atoms with Crippen LogP contribution in [0.4, 0.5) is 11.4 Å². The summed E-state index contributed by atoms with van der Waals surface area (Å²) < 4.78 is 5.01. The first-order valence-electron chi connectivity index (χ1n) is 9.12. The van der Waals surface area contributed by atoms with E-state index in [1.807, 2.05) is 18.2 Å². The smallest absolute Gasteiger partial charge is 0.339 e. The average molecular weight is 393 g/mol. The minimum Gasteiger partial charge on any atom is -0.496 e. The molecule has 0 saturated heterocycles. The van der Waals surface area contributed by atoms with Crippen LogP contribution in [-0.2, 0) is 4.79 Å². The lowest BCUT2D eigenvalue weighted by molar-refractivity contribution is -0.112. The number of nitriles is 1. The number of methoxy groups -OCH3 is 1. The lowest BCUT2D eigenvalue weighted by Gasteiger charge is -2.21. The fraction of sp³-hybridized carbons (Fsp3) is 0.227. The van der Waals surface area contributed by atoms with Crippen molar-refractivity contribution >= 4 is 29.3 Å². The molecule has 29 heavy (non-hydrogen) atoms. The second-order valence-electron chi connectivity index (χ2n) is 6.11. The average Bonchev–Trinajstić information content (AvgIpc) is 2.73. The highest BCUT2D eigenvalue weighted by atomic mass is 16.5. The first-order valence-corrected chi connectivity index (χ1v) is 9.12. The van der Waals surface area contributed by atoms with Crippen LogP contribution in [0.15, 0.2) is 48.0 Å². The predicted octanol–water partition coefficient (Wildman–Crippen LogP) is 3.79. The van der Waals surface area contributed by atoms with Gasteiger partial charge in [-0.25, -0.2) is 4.79 Å². The van der Waals surface area contributed by atoms with Gasteiger partial charge in [-0.05, 0) is 61.9 Å². The van der Waals surface area contributed by atoms with E-state index in [2.05, 4.69) is 24.1 Å². The number of rotatable bonds is 8. The molecule has 0 aromatic heterocycles. The van der Waals surface area contributed by atoms with Crippen molar-refractivity contribution in [2.24, 2.45) is 0 Å². The maximum absolute atomic E-state index is 12.5. The quantitative estimate of drug-likeness (QED) is 0.523. The standard InChI is InChI=1S/C22H23N3O4/c1-4-25(5-2)18-9-7-17(8-10-18)24-21(26)16(14-23)12-15-6-11-20(29-3)19(13-15)22(27)28/h6-13H,4-5H2,1-3H3,(H,24,26)(H,27,28)/b16-12-. The van der Waals surface area contributed by atoms with E-state index in [0.717, 1.165) is 18.8 Å². The first-order chi connectivity index (χ1) is 13.9. The van der Waals surface area contributed by atoms with Crippen molar-refractivity contribution in [1.29, 1.82) is 5.26 Å². The van der Waals surface area contributed by atoms with Gasteiger partial charge in [-0.1, -0.05) is 6.07 Å². The molecule has 0 atom stereocenters. The van der Waals surface area contributed by atoms with Crippen LogP contribution in [0.25, 0.3) is 6.08 Å². The number of amides is 1. The summed E-state index contributed by atoms with van der Waals surface area (Å²) in [4.78, 5) is 26.0. The van der Waals surface area contributed by atoms with Gasteiger partial charge >= 0.3 is 5.97 Å². The van der Waals surface area contributed by atoms with Crippen LogP contribution < -0.4 is 15.0 Å². The van der Waals surface area contributed by atoms with Gasteiger partial charge in [-0.2, -0.15) is 5.26 Å². The number of carboxylic acid groups (broad SMARTS) is 1. The molecule has 2 N–H and O–H groups in total. The van der Waals surface area contributed by atoms with Gasteiger partial charge in [0.15, 0.2) is 0 Å². The Morgan fingerprint density at radius 3 is 2.34 bits per heavy atom. The molecule has 2 aromatic rings. The molecule has 0 unspecified atom stereocenters. The van der Waals surface area contributed by atoms with E-state index in [0.29, 0.717) is 11.3 Å². The molecule has 2 rings (SSSR count). The second kappa shape index (κ2) is 9.95. The van der Waals surface area contributed by atoms with Crippen molar-refractivity contribution in [3.63, 3.8) is 0 Å². The molecule has 0 aliphatic rings. The van der Waals surface area contributed by atoms with Crippen LogP contribution >= 0.6 is 0 Å². The lowest BCUT2D eigenvalue weighted by atomic mass is 10.1. The fourth-order valence-corrected chi connectivity index (χ4v) is 2.84. The highest BCUT2D eigenvalue weighted by Crippen LogP contribution is 2.22. The predicted molar refractivity (Wildman–Crippen MR) is 112 cm³/mol. The van der Waals surface area contributed by atoms with Crippen LogP contribution in [0, 0.1) is 11.3 Å². The zero-order chi connectivity index (χ0) is 21.4. The van der Waals surface area contributed by atoms with Gasteiger partial charge in [0.25, 0.3) is 5.91 Å². The number of carboxylic acids is 1. The molecule has 0 bridgehead atoms. The summed E-state index contributed by atoms with van der Waals surface area (Å²) in [5, 5.41) is 21.3. The topological polar surface area (TPSA) is 103 Å². The number of ether oxygens (including phenoxy) is 1. The monoisotopic (exact) mass is 393 g/mol. The Bertz CT molecular complexity index is 955. The number of hydrogen-bond acceptors (Lipinski definition) is 5. The van der Waals surface area contributed by atoms with Crippen molar-refractivity contribution in [3.8, 4) is 11.8 Å². The number of anilines is 2. The number of aromatic carboxylic acids is 1. The molecule has 0 aliphatic heterocycles. The Hall–Kier alpha value is -3.79. The van der Waals surface area contributed by atoms with E-state index in [1.165, 1.54) is 25.3 Å². The molecule has 0 radical (unpaired) electrons. The number of nitrogens with one attached hydrogen (secondary N) is 1. The third-order valence-electron chi connectivity index (χ3n) is 4.38. The van der Waals surface area contributed by atoms with Crippen molar-refractivity contribution in [2.45, 2.75) is 13.8 Å². The van der Waals surface area contributed by atoms with E-state index in [9.17, 15) is 20.0 Å². The SMILES string of the molecule is CCN(CC)c1ccc(NC(=O)/C(C#N)=C\c2ccc(OC)c(C(=O)O)c2)cc1. The maximum Gasteiger partial charge on any atom is 0.339 e. The number of nitrogens with zero attached hydrogens (tertiary/aromatic N) is 2. The molecule has 0 fully saturated rings. The molecular weight excluding hydrogens is 370 g/mol. The van der Waals surface area contributed by atoms with E-state index >= 15 is 0 Å². The Morgan fingerprint density at radius 2 is 1.83 bits per heavy atom. The summed E-state index contributed by atoms with van der Waals surface area (Å²) in [5.41, 5.74) is 1.83. The highest BCUT2D eigenvalue weighted by Gasteiger charge is 2.14. The normalized spacial score (nSPS) is 10.8. The highest BCUT2D eigenvalue weighted by molar-refractivity contribution is 6.09. The third-order valence-corrected chi connectivity index (χ3v) is 4.38. The van der Waals surface area contributed by atoms with E-state index in [-0.39, 0.29) is 16.9 Å². The zero-order valence-electron chi connectivity index (χ0n) is 16.6. The van der Waals surface area contributed by atoms with Crippen LogP contribution in [0.2, 0.25) is 0 Å². The number of benzene rings is 2. The van der Waals surface area contributed by atoms with Crippen molar-refractivity contribution < 1.29 is 19.4 Å². The molecule has 1 amide bonds. The van der Waals surface area contributed by atoms with Gasteiger partial charge in [0.2, 0.25) is 0 Å². The zero-order valence-corrected chi connectivity index (χ0v) is 16.6. The molecular formula is C22H23N3O4. The number of hydrogen-bond donors (Lipinski definition) is 2. The molecule has 7 heteroatoms. The Kier molecular flexibility index (Phi) is 7.38. The van der Waals surface area contributed by atoms with Crippen LogP contribution in [0.5, 0.6) is 5.75 Å². The largest absolute Gasteiger partial charge is 0.496 e. The van der Waals surface area contributed by atoms with Crippen LogP contribution in [0.3, 0.4) is 0 Å². The van der Waals surface area contributed by atoms with Crippen LogP contribution in [0.1, 0.15) is 29.8 Å². The summed E-state index contributed by atoms with van der Waals surface area (Å²) in [7, 11) is 1.37. The summed E-state index contributed by atoms with van der Waals surface area (Å²) in [6.07, 6.45) is 1.34. The molecule has 0 aliphatic carbocycles. The minimum absolute atomic E-state index is 0.0501. The molecule has 0 saturated carbocycles. The minimum atomic E-state index is -1.16. The van der Waals surface area contributed by atoms with Gasteiger partial charge in [-0.3, -0.25) is 4.79 Å². The molecule has 0 heterocycles. The Balaban J connectivity index is 2.22. The van der Waals surface area contributed by atoms with Gasteiger partial charge in [-0.15, -0.1) is 0 Å². The van der Waals surface area contributed by atoms with Crippen molar-refractivity contribution in [2.75, 3.05) is 30.4 Å². The maximum atomic E-state index is 12.5. The number of carbonyl (C=O) groups excluding carboxylic acids is 1. The van der Waals surface area contributed by atoms with Crippen LogP contribution in [-0.4, -0.2) is 37.2 Å². The van der Waals surface area contributed by atoms with E-state index < -0.39 is 11.9 Å². The van der Waals surface area contributed by atoms with Gasteiger partial charge in [0.1, 0.15) is 23.0 Å². The molecule has 2 aromatic carbocycles. The third kappa shape index (κ3) is 5.36. The number of carbonyl (C=O) groups is 2. The summed E-state index contributed by atoms with van der Waals surface area (Å²) >= 11 is 0. The molecule has 7 nitrogen and oxygen atoms in total. The van der Waals surface area contributed by atoms with Crippen molar-refractivity contribution in [3.05, 3.63) is 59.2 Å². The molecule has 0 spiro atoms. The van der Waals surface area contributed by atoms with Gasteiger partial charge in [0.05, 0.1) is 7.11 Å². The van der Waals surface area contributed by atoms with Gasteiger partial charge in [0, 0.05) is 24.5 Å². The summed E-state index contributed by atoms with van der Waals surface area (Å²) in [5.74, 6) is -1.53. The van der Waals surface area contributed by atoms with E-state index in [1.54, 1.807) is 18.2 Å². The van der Waals surface area contributed by atoms with Crippen molar-refractivity contribution in [1.82, 2.24) is 0 Å². The Labute approximate surface area is 169 Å². The fourth-order valence-electron chi connectivity index (χ4n) is 2.84. The summed E-state index contributed by atoms with van der Waals surface area (Å²) in [6, 6.07) is 13.6.